The van der Waals surface area contributed by atoms with Crippen molar-refractivity contribution in [3.63, 3.8) is 0 Å². The van der Waals surface area contributed by atoms with Crippen molar-refractivity contribution >= 4 is 17.9 Å². The topological polar surface area (TPSA) is 78.9 Å². The minimum Gasteiger partial charge on any atom is -0.462 e. The van der Waals surface area contributed by atoms with Crippen molar-refractivity contribution in [2.24, 2.45) is 0 Å². The summed E-state index contributed by atoms with van der Waals surface area (Å²) < 4.78 is 16.8. The largest absolute Gasteiger partial charge is 0.462 e. The normalized spacial score (nSPS) is 12.6. The molecule has 0 saturated carbocycles. The molecule has 0 aromatic heterocycles. The monoisotopic (exact) mass is 879 g/mol. The predicted molar refractivity (Wildman–Crippen MR) is 270 cm³/mol. The van der Waals surface area contributed by atoms with Gasteiger partial charge in [-0.05, 0) is 89.9 Å². The molecule has 0 spiro atoms. The third-order valence-electron chi connectivity index (χ3n) is 11.2. The van der Waals surface area contributed by atoms with Gasteiger partial charge in [-0.15, -0.1) is 0 Å². The van der Waals surface area contributed by atoms with Crippen LogP contribution in [0.4, 0.5) is 0 Å². The Kier molecular flexibility index (Phi) is 48.9. The Labute approximate surface area is 389 Å². The number of esters is 3. The number of allylic oxidation sites excluding steroid dienone is 12. The Balaban J connectivity index is 4.40. The standard InChI is InChI=1S/C57H98O6/c1-4-7-10-13-16-19-22-25-27-28-29-30-33-35-38-41-44-47-50-56(59)62-53-54(52-61-55(58)49-46-43-40-37-34-31-24-21-18-15-12-9-6-3)63-57(60)51-48-45-42-39-36-32-26-23-20-17-14-11-8-5-2/h8-9,11-12,15,17-18,20-21,24,29-30,54H,4-7,10,13-14,16,19,22-23,25-28,31-53H2,1-3H3/b11-8+,12-9+,18-15+,20-17+,24-21+,30-29+. The molecule has 1 unspecified atom stereocenters. The van der Waals surface area contributed by atoms with Crippen LogP contribution in [-0.2, 0) is 28.6 Å². The molecule has 0 N–H and O–H groups in total. The Bertz CT molecular complexity index is 1190. The molecule has 362 valence electrons. The number of ether oxygens (including phenoxy) is 3. The number of rotatable bonds is 47. The summed E-state index contributed by atoms with van der Waals surface area (Å²) in [5.41, 5.74) is 0. The van der Waals surface area contributed by atoms with Gasteiger partial charge in [0.15, 0.2) is 6.10 Å². The van der Waals surface area contributed by atoms with E-state index in [1.165, 1.54) is 103 Å². The third-order valence-corrected chi connectivity index (χ3v) is 11.2. The van der Waals surface area contributed by atoms with Gasteiger partial charge in [0.25, 0.3) is 0 Å². The lowest BCUT2D eigenvalue weighted by Gasteiger charge is -2.18. The molecule has 6 nitrogen and oxygen atoms in total. The fourth-order valence-corrected chi connectivity index (χ4v) is 7.30. The number of hydrogen-bond acceptors (Lipinski definition) is 6. The molecule has 0 aliphatic carbocycles. The SMILES string of the molecule is CC/C=C/C=C/C=C/CCCCCCCC(=O)OCC(COC(=O)CCCCCCC/C=C/CCCCCCCCCCC)OC(=O)CCCCCCCCC/C=C/C/C=C/CC. The van der Waals surface area contributed by atoms with Crippen molar-refractivity contribution in [2.45, 2.75) is 258 Å². The average Bonchev–Trinajstić information content (AvgIpc) is 3.28. The van der Waals surface area contributed by atoms with Crippen LogP contribution in [0.15, 0.2) is 72.9 Å². The van der Waals surface area contributed by atoms with Gasteiger partial charge in [0.1, 0.15) is 13.2 Å². The van der Waals surface area contributed by atoms with Crippen LogP contribution in [0.1, 0.15) is 252 Å². The molecule has 0 aromatic rings. The van der Waals surface area contributed by atoms with E-state index < -0.39 is 6.10 Å². The summed E-state index contributed by atoms with van der Waals surface area (Å²) in [6, 6.07) is 0. The van der Waals surface area contributed by atoms with E-state index in [4.69, 9.17) is 14.2 Å². The van der Waals surface area contributed by atoms with Gasteiger partial charge in [0.05, 0.1) is 0 Å². The zero-order valence-corrected chi connectivity index (χ0v) is 41.3. The first-order valence-electron chi connectivity index (χ1n) is 26.5. The van der Waals surface area contributed by atoms with Crippen LogP contribution in [0.3, 0.4) is 0 Å². The number of hydrogen-bond donors (Lipinski definition) is 0. The maximum atomic E-state index is 12.8. The summed E-state index contributed by atoms with van der Waals surface area (Å²) >= 11 is 0. The first-order chi connectivity index (χ1) is 31.0. The average molecular weight is 879 g/mol. The van der Waals surface area contributed by atoms with Gasteiger partial charge in [0.2, 0.25) is 0 Å². The summed E-state index contributed by atoms with van der Waals surface area (Å²) in [6.07, 6.45) is 64.6. The van der Waals surface area contributed by atoms with E-state index in [0.717, 1.165) is 109 Å². The maximum absolute atomic E-state index is 12.8. The van der Waals surface area contributed by atoms with Gasteiger partial charge in [-0.25, -0.2) is 0 Å². The summed E-state index contributed by atoms with van der Waals surface area (Å²) in [5, 5.41) is 0. The van der Waals surface area contributed by atoms with Gasteiger partial charge in [-0.2, -0.15) is 0 Å². The van der Waals surface area contributed by atoms with E-state index in [1.807, 2.05) is 0 Å². The van der Waals surface area contributed by atoms with Crippen LogP contribution in [0.25, 0.3) is 0 Å². The highest BCUT2D eigenvalue weighted by Gasteiger charge is 2.19. The van der Waals surface area contributed by atoms with Gasteiger partial charge in [-0.1, -0.05) is 216 Å². The minimum absolute atomic E-state index is 0.0897. The molecule has 1 atom stereocenters. The molecule has 0 heterocycles. The van der Waals surface area contributed by atoms with Crippen LogP contribution < -0.4 is 0 Å². The molecular formula is C57H98O6. The predicted octanol–water partition coefficient (Wildman–Crippen LogP) is 17.4. The van der Waals surface area contributed by atoms with Crippen molar-refractivity contribution in [2.75, 3.05) is 13.2 Å². The van der Waals surface area contributed by atoms with Crippen molar-refractivity contribution in [1.29, 1.82) is 0 Å². The van der Waals surface area contributed by atoms with Crippen LogP contribution >= 0.6 is 0 Å². The van der Waals surface area contributed by atoms with E-state index in [2.05, 4.69) is 93.7 Å². The summed E-state index contributed by atoms with van der Waals surface area (Å²) in [5.74, 6) is -0.924. The molecular weight excluding hydrogens is 781 g/mol. The van der Waals surface area contributed by atoms with Gasteiger partial charge < -0.3 is 14.2 Å². The maximum Gasteiger partial charge on any atom is 0.306 e. The molecule has 0 radical (unpaired) electrons. The molecule has 0 bridgehead atoms. The highest BCUT2D eigenvalue weighted by molar-refractivity contribution is 5.71. The number of carbonyl (C=O) groups excluding carboxylic acids is 3. The van der Waals surface area contributed by atoms with Gasteiger partial charge in [-0.3, -0.25) is 14.4 Å². The van der Waals surface area contributed by atoms with E-state index >= 15 is 0 Å². The van der Waals surface area contributed by atoms with E-state index in [9.17, 15) is 14.4 Å². The molecule has 0 aliphatic heterocycles. The highest BCUT2D eigenvalue weighted by Crippen LogP contribution is 2.15. The van der Waals surface area contributed by atoms with E-state index in [0.29, 0.717) is 19.3 Å². The second-order valence-corrected chi connectivity index (χ2v) is 17.4. The second kappa shape index (κ2) is 51.5. The van der Waals surface area contributed by atoms with Crippen LogP contribution in [0.2, 0.25) is 0 Å². The Morgan fingerprint density at radius 1 is 0.349 bits per heavy atom. The van der Waals surface area contributed by atoms with Crippen LogP contribution in [0.5, 0.6) is 0 Å². The smallest absolute Gasteiger partial charge is 0.306 e. The van der Waals surface area contributed by atoms with Crippen molar-refractivity contribution in [1.82, 2.24) is 0 Å². The fraction of sp³-hybridized carbons (Fsp3) is 0.737. The summed E-state index contributed by atoms with van der Waals surface area (Å²) in [4.78, 5) is 38.0. The zero-order chi connectivity index (χ0) is 45.8. The molecule has 63 heavy (non-hydrogen) atoms. The molecule has 0 fully saturated rings. The summed E-state index contributed by atoms with van der Waals surface area (Å²) in [7, 11) is 0. The quantitative estimate of drug-likeness (QED) is 0.0199. The molecule has 0 saturated heterocycles. The van der Waals surface area contributed by atoms with Crippen LogP contribution in [0, 0.1) is 0 Å². The number of unbranched alkanes of at least 4 members (excludes halogenated alkanes) is 26. The van der Waals surface area contributed by atoms with Gasteiger partial charge in [0, 0.05) is 19.3 Å². The number of carbonyl (C=O) groups is 3. The highest BCUT2D eigenvalue weighted by atomic mass is 16.6. The van der Waals surface area contributed by atoms with Gasteiger partial charge >= 0.3 is 17.9 Å². The van der Waals surface area contributed by atoms with Crippen molar-refractivity contribution in [3.8, 4) is 0 Å². The first kappa shape index (κ1) is 59.9. The Morgan fingerprint density at radius 2 is 0.698 bits per heavy atom. The minimum atomic E-state index is -0.791. The molecule has 6 heteroatoms. The van der Waals surface area contributed by atoms with E-state index in [1.54, 1.807) is 0 Å². The Hall–Kier alpha value is -3.15. The Morgan fingerprint density at radius 3 is 1.14 bits per heavy atom. The fourth-order valence-electron chi connectivity index (χ4n) is 7.30. The van der Waals surface area contributed by atoms with Crippen LogP contribution in [-0.4, -0.2) is 37.2 Å². The van der Waals surface area contributed by atoms with E-state index in [-0.39, 0.29) is 31.1 Å². The van der Waals surface area contributed by atoms with Crippen molar-refractivity contribution in [3.05, 3.63) is 72.9 Å². The lowest BCUT2D eigenvalue weighted by atomic mass is 10.1. The summed E-state index contributed by atoms with van der Waals surface area (Å²) in [6.45, 7) is 6.38. The first-order valence-corrected chi connectivity index (χ1v) is 26.5. The second-order valence-electron chi connectivity index (χ2n) is 17.4. The van der Waals surface area contributed by atoms with Crippen molar-refractivity contribution < 1.29 is 28.6 Å². The molecule has 0 rings (SSSR count). The lowest BCUT2D eigenvalue weighted by molar-refractivity contribution is -0.167. The lowest BCUT2D eigenvalue weighted by Crippen LogP contribution is -2.30. The molecule has 0 aromatic carbocycles. The molecule has 0 amide bonds. The third kappa shape index (κ3) is 49.7. The molecule has 0 aliphatic rings. The zero-order valence-electron chi connectivity index (χ0n) is 41.3.